The second kappa shape index (κ2) is 7.19. The molecule has 0 bridgehead atoms. The van der Waals surface area contributed by atoms with Crippen molar-refractivity contribution in [3.63, 3.8) is 0 Å². The van der Waals surface area contributed by atoms with Gasteiger partial charge in [-0.1, -0.05) is 42.5 Å². The zero-order valence-corrected chi connectivity index (χ0v) is 14.8. The largest absolute Gasteiger partial charge is 0.417 e. The van der Waals surface area contributed by atoms with Crippen LogP contribution in [-0.4, -0.2) is 36.1 Å². The maximum Gasteiger partial charge on any atom is 0.417 e. The van der Waals surface area contributed by atoms with Crippen LogP contribution in [0.2, 0.25) is 0 Å². The Morgan fingerprint density at radius 1 is 0.852 bits per heavy atom. The highest BCUT2D eigenvalue weighted by Crippen LogP contribution is 2.29. The molecule has 4 rings (SSSR count). The summed E-state index contributed by atoms with van der Waals surface area (Å²) >= 11 is 0. The van der Waals surface area contributed by atoms with Gasteiger partial charge >= 0.3 is 6.18 Å². The van der Waals surface area contributed by atoms with Crippen LogP contribution in [0.25, 0.3) is 10.8 Å². The van der Waals surface area contributed by atoms with Crippen LogP contribution in [-0.2, 0) is 12.7 Å². The maximum atomic E-state index is 12.7. The maximum absolute atomic E-state index is 12.7. The standard InChI is InChI=1S/C21H20F3N3/c22-21(23,24)18-8-9-20(25-14-18)27-12-10-26(11-13-27)15-17-6-3-5-16-4-1-2-7-19(16)17/h1-9,14H,10-13,15H2. The van der Waals surface area contributed by atoms with Gasteiger partial charge in [-0.15, -0.1) is 0 Å². The average molecular weight is 371 g/mol. The number of aromatic nitrogens is 1. The van der Waals surface area contributed by atoms with Gasteiger partial charge < -0.3 is 4.90 Å². The number of halogens is 3. The van der Waals surface area contributed by atoms with E-state index in [1.165, 1.54) is 22.4 Å². The molecule has 0 radical (unpaired) electrons. The fourth-order valence-electron chi connectivity index (χ4n) is 3.55. The molecule has 0 spiro atoms. The highest BCUT2D eigenvalue weighted by Gasteiger charge is 2.31. The summed E-state index contributed by atoms with van der Waals surface area (Å²) < 4.78 is 38.0. The van der Waals surface area contributed by atoms with E-state index in [1.54, 1.807) is 0 Å². The number of anilines is 1. The van der Waals surface area contributed by atoms with Gasteiger partial charge in [0.05, 0.1) is 5.56 Å². The molecule has 0 saturated carbocycles. The van der Waals surface area contributed by atoms with E-state index in [9.17, 15) is 13.2 Å². The van der Waals surface area contributed by atoms with Crippen molar-refractivity contribution in [3.05, 3.63) is 71.9 Å². The third kappa shape index (κ3) is 3.90. The molecule has 3 aromatic rings. The molecule has 2 heterocycles. The number of nitrogens with zero attached hydrogens (tertiary/aromatic N) is 3. The second-order valence-electron chi connectivity index (χ2n) is 6.80. The minimum atomic E-state index is -4.34. The van der Waals surface area contributed by atoms with E-state index in [0.717, 1.165) is 45.0 Å². The summed E-state index contributed by atoms with van der Waals surface area (Å²) in [5, 5.41) is 2.51. The Kier molecular flexibility index (Phi) is 4.74. The Morgan fingerprint density at radius 2 is 1.59 bits per heavy atom. The van der Waals surface area contributed by atoms with Gasteiger partial charge in [0, 0.05) is 38.9 Å². The smallest absolute Gasteiger partial charge is 0.354 e. The molecule has 1 aromatic heterocycles. The average Bonchev–Trinajstić information content (AvgIpc) is 2.68. The summed E-state index contributed by atoms with van der Waals surface area (Å²) in [6.45, 7) is 4.08. The minimum Gasteiger partial charge on any atom is -0.354 e. The predicted molar refractivity (Wildman–Crippen MR) is 101 cm³/mol. The first-order chi connectivity index (χ1) is 13.0. The molecular weight excluding hydrogens is 351 g/mol. The fraction of sp³-hybridized carbons (Fsp3) is 0.286. The number of hydrogen-bond donors (Lipinski definition) is 0. The number of fused-ring (bicyclic) bond motifs is 1. The van der Waals surface area contributed by atoms with E-state index in [2.05, 4.69) is 46.3 Å². The third-order valence-electron chi connectivity index (χ3n) is 5.05. The zero-order valence-electron chi connectivity index (χ0n) is 14.8. The number of pyridine rings is 1. The number of hydrogen-bond acceptors (Lipinski definition) is 3. The first kappa shape index (κ1) is 17.8. The minimum absolute atomic E-state index is 0.604. The van der Waals surface area contributed by atoms with Crippen molar-refractivity contribution in [1.82, 2.24) is 9.88 Å². The van der Waals surface area contributed by atoms with Crippen LogP contribution in [0.4, 0.5) is 19.0 Å². The van der Waals surface area contributed by atoms with E-state index in [0.29, 0.717) is 5.82 Å². The molecule has 2 aromatic carbocycles. The molecule has 1 aliphatic heterocycles. The second-order valence-corrected chi connectivity index (χ2v) is 6.80. The fourth-order valence-corrected chi connectivity index (χ4v) is 3.55. The summed E-state index contributed by atoms with van der Waals surface area (Å²) in [5.74, 6) is 0.604. The molecule has 1 aliphatic rings. The molecule has 0 aliphatic carbocycles. The lowest BCUT2D eigenvalue weighted by Crippen LogP contribution is -2.46. The van der Waals surface area contributed by atoms with Crippen LogP contribution in [0.5, 0.6) is 0 Å². The molecule has 0 atom stereocenters. The van der Waals surface area contributed by atoms with Crippen LogP contribution in [0.1, 0.15) is 11.1 Å². The number of rotatable bonds is 3. The van der Waals surface area contributed by atoms with E-state index >= 15 is 0 Å². The van der Waals surface area contributed by atoms with Gasteiger partial charge in [0.25, 0.3) is 0 Å². The quantitative estimate of drug-likeness (QED) is 0.672. The number of alkyl halides is 3. The van der Waals surface area contributed by atoms with Crippen molar-refractivity contribution >= 4 is 16.6 Å². The summed E-state index contributed by atoms with van der Waals surface area (Å²) in [4.78, 5) is 8.42. The van der Waals surface area contributed by atoms with E-state index in [1.807, 2.05) is 11.0 Å². The lowest BCUT2D eigenvalue weighted by molar-refractivity contribution is -0.137. The Labute approximate surface area is 156 Å². The molecule has 0 unspecified atom stereocenters. The zero-order chi connectivity index (χ0) is 18.9. The van der Waals surface area contributed by atoms with E-state index < -0.39 is 11.7 Å². The summed E-state index contributed by atoms with van der Waals surface area (Å²) in [6.07, 6.45) is -3.43. The van der Waals surface area contributed by atoms with Crippen molar-refractivity contribution < 1.29 is 13.2 Å². The van der Waals surface area contributed by atoms with Gasteiger partial charge in [-0.2, -0.15) is 13.2 Å². The molecule has 0 amide bonds. The lowest BCUT2D eigenvalue weighted by atomic mass is 10.0. The molecule has 140 valence electrons. The monoisotopic (exact) mass is 371 g/mol. The SMILES string of the molecule is FC(F)(F)c1ccc(N2CCN(Cc3cccc4ccccc34)CC2)nc1. The molecule has 6 heteroatoms. The van der Waals surface area contributed by atoms with Crippen molar-refractivity contribution in [2.45, 2.75) is 12.7 Å². The van der Waals surface area contributed by atoms with Gasteiger partial charge in [0.2, 0.25) is 0 Å². The summed E-state index contributed by atoms with van der Waals surface area (Å²) in [5.41, 5.74) is 0.593. The Balaban J connectivity index is 1.40. The molecule has 1 saturated heterocycles. The molecule has 3 nitrogen and oxygen atoms in total. The summed E-state index contributed by atoms with van der Waals surface area (Å²) in [6, 6.07) is 17.3. The molecule has 1 fully saturated rings. The highest BCUT2D eigenvalue weighted by molar-refractivity contribution is 5.85. The number of benzene rings is 2. The normalized spacial score (nSPS) is 16.0. The van der Waals surface area contributed by atoms with Crippen LogP contribution >= 0.6 is 0 Å². The van der Waals surface area contributed by atoms with Gasteiger partial charge in [-0.25, -0.2) is 4.98 Å². The van der Waals surface area contributed by atoms with Gasteiger partial charge in [-0.3, -0.25) is 4.90 Å². The van der Waals surface area contributed by atoms with Crippen molar-refractivity contribution in [2.75, 3.05) is 31.1 Å². The van der Waals surface area contributed by atoms with Crippen LogP contribution < -0.4 is 4.90 Å². The topological polar surface area (TPSA) is 19.4 Å². The van der Waals surface area contributed by atoms with Crippen molar-refractivity contribution in [2.24, 2.45) is 0 Å². The Bertz CT molecular complexity index is 909. The van der Waals surface area contributed by atoms with Crippen molar-refractivity contribution in [3.8, 4) is 0 Å². The van der Waals surface area contributed by atoms with Crippen LogP contribution in [0.15, 0.2) is 60.8 Å². The Hall–Kier alpha value is -2.60. The van der Waals surface area contributed by atoms with Gasteiger partial charge in [-0.05, 0) is 28.5 Å². The first-order valence-corrected chi connectivity index (χ1v) is 8.98. The number of piperazine rings is 1. The molecule has 0 N–H and O–H groups in total. The summed E-state index contributed by atoms with van der Waals surface area (Å²) in [7, 11) is 0. The Morgan fingerprint density at radius 3 is 2.30 bits per heavy atom. The van der Waals surface area contributed by atoms with E-state index in [4.69, 9.17) is 0 Å². The van der Waals surface area contributed by atoms with Crippen LogP contribution in [0, 0.1) is 0 Å². The van der Waals surface area contributed by atoms with Gasteiger partial charge in [0.15, 0.2) is 0 Å². The molecular formula is C21H20F3N3. The van der Waals surface area contributed by atoms with Gasteiger partial charge in [0.1, 0.15) is 5.82 Å². The van der Waals surface area contributed by atoms with E-state index in [-0.39, 0.29) is 0 Å². The predicted octanol–water partition coefficient (Wildman–Crippen LogP) is 4.58. The van der Waals surface area contributed by atoms with Crippen molar-refractivity contribution in [1.29, 1.82) is 0 Å². The highest BCUT2D eigenvalue weighted by atomic mass is 19.4. The third-order valence-corrected chi connectivity index (χ3v) is 5.05. The lowest BCUT2D eigenvalue weighted by Gasteiger charge is -2.35. The van der Waals surface area contributed by atoms with Crippen LogP contribution in [0.3, 0.4) is 0 Å². The molecule has 27 heavy (non-hydrogen) atoms. The first-order valence-electron chi connectivity index (χ1n) is 8.98.